The molecule has 1 fully saturated rings. The van der Waals surface area contributed by atoms with E-state index in [9.17, 15) is 14.9 Å². The highest BCUT2D eigenvalue weighted by Gasteiger charge is 2.39. The monoisotopic (exact) mass is 405 g/mol. The number of carbonyl (C=O) groups excluding carboxylic acids is 1. The Morgan fingerprint density at radius 3 is 2.41 bits per heavy atom. The first kappa shape index (κ1) is 23.7. The Labute approximate surface area is 175 Å². The first-order valence-electron chi connectivity index (χ1n) is 10.4. The van der Waals surface area contributed by atoms with Crippen molar-refractivity contribution < 1.29 is 24.3 Å². The van der Waals surface area contributed by atoms with Crippen molar-refractivity contribution in [2.45, 2.75) is 84.0 Å². The van der Waals surface area contributed by atoms with Gasteiger partial charge in [0.1, 0.15) is 5.60 Å². The van der Waals surface area contributed by atoms with E-state index in [1.54, 1.807) is 32.6 Å². The lowest BCUT2D eigenvalue weighted by atomic mass is 9.75. The van der Waals surface area contributed by atoms with Crippen LogP contribution in [0.4, 0.5) is 4.79 Å². The summed E-state index contributed by atoms with van der Waals surface area (Å²) in [6, 6.07) is 7.64. The number of aliphatic hydroxyl groups is 1. The Morgan fingerprint density at radius 1 is 1.17 bits per heavy atom. The van der Waals surface area contributed by atoms with Crippen LogP contribution in [0.25, 0.3) is 0 Å². The highest BCUT2D eigenvalue weighted by Crippen LogP contribution is 2.28. The molecule has 1 heterocycles. The predicted molar refractivity (Wildman–Crippen MR) is 115 cm³/mol. The summed E-state index contributed by atoms with van der Waals surface area (Å²) in [5.41, 5.74) is -0.865. The van der Waals surface area contributed by atoms with Crippen molar-refractivity contribution in [2.75, 3.05) is 13.1 Å². The minimum atomic E-state index is -1.15. The van der Waals surface area contributed by atoms with E-state index in [1.165, 1.54) is 0 Å². The molecule has 0 aromatic heterocycles. The highest BCUT2D eigenvalue weighted by atomic mass is 16.6. The van der Waals surface area contributed by atoms with Gasteiger partial charge in [-0.2, -0.15) is 0 Å². The van der Waals surface area contributed by atoms with Gasteiger partial charge in [-0.3, -0.25) is 0 Å². The Balaban J connectivity index is 2.11. The van der Waals surface area contributed by atoms with Crippen LogP contribution >= 0.6 is 0 Å². The van der Waals surface area contributed by atoms with Gasteiger partial charge in [0, 0.05) is 19.0 Å². The molecule has 1 aromatic carbocycles. The smallest absolute Gasteiger partial charge is 0.444 e. The van der Waals surface area contributed by atoms with Crippen molar-refractivity contribution in [3.8, 4) is 0 Å². The van der Waals surface area contributed by atoms with Gasteiger partial charge >= 0.3 is 13.2 Å². The van der Waals surface area contributed by atoms with E-state index in [0.717, 1.165) is 18.4 Å². The normalized spacial score (nSPS) is 18.5. The summed E-state index contributed by atoms with van der Waals surface area (Å²) in [6.45, 7) is 13.7. The second-order valence-corrected chi connectivity index (χ2v) is 9.98. The molecule has 6 nitrogen and oxygen atoms in total. The van der Waals surface area contributed by atoms with Gasteiger partial charge < -0.3 is 24.4 Å². The van der Waals surface area contributed by atoms with E-state index in [2.05, 4.69) is 0 Å². The van der Waals surface area contributed by atoms with Gasteiger partial charge in [0.2, 0.25) is 0 Å². The largest absolute Gasteiger partial charge is 0.491 e. The average Bonchev–Trinajstić information content (AvgIpc) is 2.59. The van der Waals surface area contributed by atoms with Crippen LogP contribution in [0.5, 0.6) is 0 Å². The van der Waals surface area contributed by atoms with E-state index in [-0.39, 0.29) is 12.0 Å². The molecular formula is C22H36BNO5. The molecule has 7 heteroatoms. The second kappa shape index (κ2) is 8.66. The molecule has 1 atom stereocenters. The number of benzene rings is 1. The van der Waals surface area contributed by atoms with Gasteiger partial charge in [0.25, 0.3) is 0 Å². The van der Waals surface area contributed by atoms with Crippen LogP contribution in [0.3, 0.4) is 0 Å². The molecule has 2 rings (SSSR count). The predicted octanol–water partition coefficient (Wildman–Crippen LogP) is 3.05. The summed E-state index contributed by atoms with van der Waals surface area (Å²) < 4.78 is 11.3. The third-order valence-electron chi connectivity index (χ3n) is 5.62. The summed E-state index contributed by atoms with van der Waals surface area (Å²) in [5, 5.41) is 20.9. The quantitative estimate of drug-likeness (QED) is 0.737. The third kappa shape index (κ3) is 6.46. The number of ether oxygens (including phenoxy) is 1. The lowest BCUT2D eigenvalue weighted by molar-refractivity contribution is -0.0982. The number of carbonyl (C=O) groups is 1. The summed E-state index contributed by atoms with van der Waals surface area (Å²) in [4.78, 5) is 14.2. The first-order valence-corrected chi connectivity index (χ1v) is 10.4. The summed E-state index contributed by atoms with van der Waals surface area (Å²) in [6.07, 6.45) is 1.59. The maximum absolute atomic E-state index is 12.4. The average molecular weight is 405 g/mol. The second-order valence-electron chi connectivity index (χ2n) is 9.98. The Morgan fingerprint density at radius 2 is 1.83 bits per heavy atom. The van der Waals surface area contributed by atoms with Gasteiger partial charge in [0.15, 0.2) is 0 Å². The molecule has 162 valence electrons. The van der Waals surface area contributed by atoms with Crippen LogP contribution in [0, 0.1) is 0 Å². The third-order valence-corrected chi connectivity index (χ3v) is 5.62. The van der Waals surface area contributed by atoms with Crippen molar-refractivity contribution in [1.29, 1.82) is 0 Å². The Hall–Kier alpha value is -1.57. The highest BCUT2D eigenvalue weighted by molar-refractivity contribution is 6.60. The molecule has 0 saturated carbocycles. The summed E-state index contributed by atoms with van der Waals surface area (Å²) in [5.74, 6) is 0.172. The van der Waals surface area contributed by atoms with Crippen molar-refractivity contribution in [3.63, 3.8) is 0 Å². The van der Waals surface area contributed by atoms with Crippen molar-refractivity contribution in [3.05, 3.63) is 29.8 Å². The van der Waals surface area contributed by atoms with Gasteiger partial charge in [0.05, 0.1) is 11.2 Å². The molecule has 1 aliphatic rings. The molecule has 29 heavy (non-hydrogen) atoms. The van der Waals surface area contributed by atoms with Crippen LogP contribution in [-0.4, -0.2) is 58.1 Å². The summed E-state index contributed by atoms with van der Waals surface area (Å²) >= 11 is 0. The number of hydrogen-bond donors (Lipinski definition) is 2. The molecule has 1 aliphatic heterocycles. The first-order chi connectivity index (χ1) is 13.2. The van der Waals surface area contributed by atoms with Crippen molar-refractivity contribution in [2.24, 2.45) is 0 Å². The molecule has 0 bridgehead atoms. The number of nitrogens with zero attached hydrogens (tertiary/aromatic N) is 1. The van der Waals surface area contributed by atoms with E-state index in [4.69, 9.17) is 9.39 Å². The van der Waals surface area contributed by atoms with Gasteiger partial charge in [-0.25, -0.2) is 4.79 Å². The SMILES string of the molecule is CC(C)(C)OC(=O)N1CCCC(c2cccc(B(O)OC(C)(C)C(C)(C)O)c2)C1. The van der Waals surface area contributed by atoms with Gasteiger partial charge in [-0.15, -0.1) is 0 Å². The molecule has 1 saturated heterocycles. The standard InChI is InChI=1S/C22H36BNO5/c1-20(2,3)28-19(25)24-13-9-11-17(15-24)16-10-8-12-18(14-16)23(27)29-22(6,7)21(4,5)26/h8,10,12,14,17,26-27H,9,11,13,15H2,1-7H3. The molecule has 1 unspecified atom stereocenters. The van der Waals surface area contributed by atoms with E-state index < -0.39 is 23.9 Å². The minimum Gasteiger partial charge on any atom is -0.444 e. The minimum absolute atomic E-state index is 0.172. The fourth-order valence-electron chi connectivity index (χ4n) is 3.20. The van der Waals surface area contributed by atoms with Gasteiger partial charge in [-0.05, 0) is 72.3 Å². The fourth-order valence-corrected chi connectivity index (χ4v) is 3.20. The number of piperidine rings is 1. The molecule has 0 aliphatic carbocycles. The molecule has 1 aromatic rings. The molecule has 0 radical (unpaired) electrons. The van der Waals surface area contributed by atoms with Crippen molar-refractivity contribution >= 4 is 18.7 Å². The topological polar surface area (TPSA) is 79.2 Å². The van der Waals surface area contributed by atoms with Gasteiger partial charge in [-0.1, -0.05) is 24.3 Å². The molecule has 2 N–H and O–H groups in total. The Bertz CT molecular complexity index is 708. The maximum atomic E-state index is 12.4. The lowest BCUT2D eigenvalue weighted by Crippen LogP contribution is -2.53. The molecule has 1 amide bonds. The van der Waals surface area contributed by atoms with Crippen LogP contribution in [0.15, 0.2) is 24.3 Å². The number of amides is 1. The zero-order valence-electron chi connectivity index (χ0n) is 18.9. The van der Waals surface area contributed by atoms with E-state index in [0.29, 0.717) is 18.6 Å². The Kier molecular flexibility index (Phi) is 7.08. The zero-order chi connectivity index (χ0) is 22.0. The maximum Gasteiger partial charge on any atom is 0.491 e. The van der Waals surface area contributed by atoms with Crippen LogP contribution < -0.4 is 5.46 Å². The lowest BCUT2D eigenvalue weighted by Gasteiger charge is -2.38. The van der Waals surface area contributed by atoms with Crippen LogP contribution in [-0.2, 0) is 9.39 Å². The molecular weight excluding hydrogens is 369 g/mol. The number of likely N-dealkylation sites (tertiary alicyclic amines) is 1. The summed E-state index contributed by atoms with van der Waals surface area (Å²) in [7, 11) is -1.15. The van der Waals surface area contributed by atoms with Crippen LogP contribution in [0.1, 0.15) is 72.8 Å². The molecule has 0 spiro atoms. The fraction of sp³-hybridized carbons (Fsp3) is 0.682. The van der Waals surface area contributed by atoms with E-state index in [1.807, 2.05) is 45.0 Å². The van der Waals surface area contributed by atoms with Crippen LogP contribution in [0.2, 0.25) is 0 Å². The van der Waals surface area contributed by atoms with Crippen molar-refractivity contribution in [1.82, 2.24) is 4.90 Å². The van der Waals surface area contributed by atoms with E-state index >= 15 is 0 Å². The number of hydrogen-bond acceptors (Lipinski definition) is 5. The zero-order valence-corrected chi connectivity index (χ0v) is 18.9. The number of rotatable bonds is 5.